The fourth-order valence-electron chi connectivity index (χ4n) is 3.12. The number of thiocarbonyl (C=S) groups is 1. The van der Waals surface area contributed by atoms with Crippen molar-refractivity contribution in [2.45, 2.75) is 6.92 Å². The molecule has 1 aliphatic rings. The van der Waals surface area contributed by atoms with Crippen molar-refractivity contribution in [1.82, 2.24) is 0 Å². The second kappa shape index (κ2) is 8.07. The number of rotatable bonds is 4. The van der Waals surface area contributed by atoms with Crippen molar-refractivity contribution in [3.8, 4) is 5.75 Å². The Morgan fingerprint density at radius 3 is 2.61 bits per heavy atom. The summed E-state index contributed by atoms with van der Waals surface area (Å²) in [6.45, 7) is 2.50. The predicted octanol–water partition coefficient (Wildman–Crippen LogP) is 6.41. The zero-order chi connectivity index (χ0) is 19.7. The molecule has 0 radical (unpaired) electrons. The van der Waals surface area contributed by atoms with Gasteiger partial charge in [-0.25, -0.2) is 0 Å². The van der Waals surface area contributed by atoms with Gasteiger partial charge in [0, 0.05) is 10.0 Å². The van der Waals surface area contributed by atoms with Gasteiger partial charge in [-0.3, -0.25) is 9.69 Å². The Hall–Kier alpha value is -2.15. The van der Waals surface area contributed by atoms with E-state index in [1.807, 2.05) is 67.6 Å². The lowest BCUT2D eigenvalue weighted by Crippen LogP contribution is -2.27. The van der Waals surface area contributed by atoms with Gasteiger partial charge in [0.25, 0.3) is 5.91 Å². The number of ether oxygens (including phenoxy) is 1. The minimum absolute atomic E-state index is 0.118. The first-order valence-electron chi connectivity index (χ1n) is 8.76. The fourth-order valence-corrected chi connectivity index (χ4v) is 4.66. The van der Waals surface area contributed by atoms with Gasteiger partial charge in [0.1, 0.15) is 5.75 Å². The Bertz CT molecular complexity index is 1110. The standard InChI is InChI=1S/C22H16BrNO2S2/c1-2-26-19-12-7-14-5-3-4-6-17(14)18(19)13-20-21(25)24(22(27)28-20)16-10-8-15(23)9-11-16/h3-13H,2H2,1H3/b20-13+. The molecule has 0 aromatic heterocycles. The summed E-state index contributed by atoms with van der Waals surface area (Å²) < 4.78 is 7.30. The molecule has 0 unspecified atom stereocenters. The minimum Gasteiger partial charge on any atom is -0.493 e. The average molecular weight is 470 g/mol. The monoisotopic (exact) mass is 469 g/mol. The van der Waals surface area contributed by atoms with Gasteiger partial charge < -0.3 is 4.74 Å². The quantitative estimate of drug-likeness (QED) is 0.326. The molecule has 0 N–H and O–H groups in total. The van der Waals surface area contributed by atoms with Crippen LogP contribution in [0.2, 0.25) is 0 Å². The summed E-state index contributed by atoms with van der Waals surface area (Å²) in [7, 11) is 0. The number of hydrogen-bond acceptors (Lipinski definition) is 4. The summed E-state index contributed by atoms with van der Waals surface area (Å²) in [5.41, 5.74) is 1.66. The van der Waals surface area contributed by atoms with Crippen LogP contribution in [0.5, 0.6) is 5.75 Å². The average Bonchev–Trinajstić information content (AvgIpc) is 2.98. The highest BCUT2D eigenvalue weighted by Gasteiger charge is 2.33. The first-order valence-corrected chi connectivity index (χ1v) is 10.8. The zero-order valence-electron chi connectivity index (χ0n) is 15.0. The van der Waals surface area contributed by atoms with Gasteiger partial charge >= 0.3 is 0 Å². The maximum Gasteiger partial charge on any atom is 0.270 e. The Balaban J connectivity index is 1.79. The van der Waals surface area contributed by atoms with Gasteiger partial charge in [0.05, 0.1) is 17.2 Å². The second-order valence-corrected chi connectivity index (χ2v) is 8.72. The third-order valence-electron chi connectivity index (χ3n) is 4.38. The SMILES string of the molecule is CCOc1ccc2ccccc2c1/C=C1/SC(=S)N(c2ccc(Br)cc2)C1=O. The number of hydrogen-bond donors (Lipinski definition) is 0. The van der Waals surface area contributed by atoms with Gasteiger partial charge in [0.15, 0.2) is 4.32 Å². The van der Waals surface area contributed by atoms with Crippen LogP contribution in [0.4, 0.5) is 5.69 Å². The highest BCUT2D eigenvalue weighted by molar-refractivity contribution is 9.10. The Labute approximate surface area is 181 Å². The van der Waals surface area contributed by atoms with E-state index in [-0.39, 0.29) is 5.91 Å². The molecule has 140 valence electrons. The van der Waals surface area contributed by atoms with Crippen LogP contribution in [0, 0.1) is 0 Å². The number of carbonyl (C=O) groups excluding carboxylic acids is 1. The van der Waals surface area contributed by atoms with Gasteiger partial charge in [-0.2, -0.15) is 0 Å². The number of thioether (sulfide) groups is 1. The van der Waals surface area contributed by atoms with Gasteiger partial charge in [0.2, 0.25) is 0 Å². The predicted molar refractivity (Wildman–Crippen MR) is 125 cm³/mol. The summed E-state index contributed by atoms with van der Waals surface area (Å²) >= 11 is 10.2. The lowest BCUT2D eigenvalue weighted by molar-refractivity contribution is -0.113. The lowest BCUT2D eigenvalue weighted by atomic mass is 10.0. The lowest BCUT2D eigenvalue weighted by Gasteiger charge is -2.14. The van der Waals surface area contributed by atoms with E-state index in [1.165, 1.54) is 11.8 Å². The molecule has 0 aliphatic carbocycles. The van der Waals surface area contributed by atoms with E-state index in [9.17, 15) is 4.79 Å². The molecule has 1 saturated heterocycles. The minimum atomic E-state index is -0.118. The van der Waals surface area contributed by atoms with Crippen molar-refractivity contribution < 1.29 is 9.53 Å². The third-order valence-corrected chi connectivity index (χ3v) is 6.22. The van der Waals surface area contributed by atoms with Gasteiger partial charge in [-0.05, 0) is 54.1 Å². The Morgan fingerprint density at radius 1 is 1.11 bits per heavy atom. The largest absolute Gasteiger partial charge is 0.493 e. The van der Waals surface area contributed by atoms with Crippen molar-refractivity contribution in [2.24, 2.45) is 0 Å². The number of fused-ring (bicyclic) bond motifs is 1. The summed E-state index contributed by atoms with van der Waals surface area (Å²) in [4.78, 5) is 15.3. The van der Waals surface area contributed by atoms with E-state index in [0.29, 0.717) is 15.8 Å². The van der Waals surface area contributed by atoms with Crippen LogP contribution in [0.15, 0.2) is 70.0 Å². The van der Waals surface area contributed by atoms with Crippen LogP contribution in [-0.4, -0.2) is 16.8 Å². The summed E-state index contributed by atoms with van der Waals surface area (Å²) in [6.07, 6.45) is 1.89. The van der Waals surface area contributed by atoms with Crippen LogP contribution >= 0.6 is 39.9 Å². The first kappa shape index (κ1) is 19.2. The normalized spacial score (nSPS) is 15.6. The number of halogens is 1. The molecule has 28 heavy (non-hydrogen) atoms. The molecule has 1 amide bonds. The number of anilines is 1. The number of nitrogens with zero attached hydrogens (tertiary/aromatic N) is 1. The molecular weight excluding hydrogens is 454 g/mol. The number of carbonyl (C=O) groups is 1. The van der Waals surface area contributed by atoms with E-state index >= 15 is 0 Å². The third kappa shape index (κ3) is 3.60. The fraction of sp³-hybridized carbons (Fsp3) is 0.0909. The molecule has 1 fully saturated rings. The summed E-state index contributed by atoms with van der Waals surface area (Å²) in [5.74, 6) is 0.641. The smallest absolute Gasteiger partial charge is 0.270 e. The van der Waals surface area contributed by atoms with Crippen molar-refractivity contribution in [3.05, 3.63) is 75.6 Å². The van der Waals surface area contributed by atoms with Crippen LogP contribution in [0.3, 0.4) is 0 Å². The molecule has 3 aromatic rings. The molecule has 0 atom stereocenters. The Morgan fingerprint density at radius 2 is 1.86 bits per heavy atom. The highest BCUT2D eigenvalue weighted by atomic mass is 79.9. The van der Waals surface area contributed by atoms with Crippen LogP contribution in [-0.2, 0) is 4.79 Å². The van der Waals surface area contributed by atoms with Crippen molar-refractivity contribution in [1.29, 1.82) is 0 Å². The maximum absolute atomic E-state index is 13.1. The molecule has 3 nitrogen and oxygen atoms in total. The number of amides is 1. The summed E-state index contributed by atoms with van der Waals surface area (Å²) in [5, 5.41) is 2.14. The van der Waals surface area contributed by atoms with E-state index in [2.05, 4.69) is 22.0 Å². The van der Waals surface area contributed by atoms with Crippen molar-refractivity contribution in [2.75, 3.05) is 11.5 Å². The summed E-state index contributed by atoms with van der Waals surface area (Å²) in [6, 6.07) is 19.6. The molecule has 1 heterocycles. The van der Waals surface area contributed by atoms with Crippen LogP contribution < -0.4 is 9.64 Å². The molecule has 1 aliphatic heterocycles. The van der Waals surface area contributed by atoms with Crippen molar-refractivity contribution >= 4 is 72.7 Å². The van der Waals surface area contributed by atoms with Crippen molar-refractivity contribution in [3.63, 3.8) is 0 Å². The molecule has 0 bridgehead atoms. The highest BCUT2D eigenvalue weighted by Crippen LogP contribution is 2.39. The molecular formula is C22H16BrNO2S2. The van der Waals surface area contributed by atoms with E-state index < -0.39 is 0 Å². The molecule has 3 aromatic carbocycles. The zero-order valence-corrected chi connectivity index (χ0v) is 18.2. The van der Waals surface area contributed by atoms with E-state index in [4.69, 9.17) is 17.0 Å². The number of benzene rings is 3. The van der Waals surface area contributed by atoms with E-state index in [0.717, 1.165) is 32.2 Å². The van der Waals surface area contributed by atoms with Gasteiger partial charge in [-0.15, -0.1) is 0 Å². The molecule has 0 saturated carbocycles. The van der Waals surface area contributed by atoms with E-state index in [1.54, 1.807) is 4.90 Å². The topological polar surface area (TPSA) is 29.5 Å². The maximum atomic E-state index is 13.1. The van der Waals surface area contributed by atoms with Crippen LogP contribution in [0.25, 0.3) is 16.8 Å². The molecule has 4 rings (SSSR count). The molecule has 0 spiro atoms. The van der Waals surface area contributed by atoms with Crippen LogP contribution in [0.1, 0.15) is 12.5 Å². The molecule has 6 heteroatoms. The van der Waals surface area contributed by atoms with Gasteiger partial charge in [-0.1, -0.05) is 70.2 Å². The Kier molecular flexibility index (Phi) is 5.53. The first-order chi connectivity index (χ1) is 13.6. The second-order valence-electron chi connectivity index (χ2n) is 6.13.